The second kappa shape index (κ2) is 4.13. The van der Waals surface area contributed by atoms with Crippen molar-refractivity contribution in [1.82, 2.24) is 0 Å². The first-order chi connectivity index (χ1) is 6.13. The van der Waals surface area contributed by atoms with Gasteiger partial charge in [0.05, 0.1) is 0 Å². The summed E-state index contributed by atoms with van der Waals surface area (Å²) in [5.74, 6) is 0.337. The first-order valence-electron chi connectivity index (χ1n) is 4.60. The van der Waals surface area contributed by atoms with E-state index >= 15 is 0 Å². The standard InChI is InChI=1S/C12H16O/c1-4-9(2)7-11-5-6-12(13)8-10(11)3/h5-8,13H,4H2,1-3H3. The van der Waals surface area contributed by atoms with E-state index in [-0.39, 0.29) is 0 Å². The van der Waals surface area contributed by atoms with Crippen LogP contribution < -0.4 is 0 Å². The molecule has 0 heterocycles. The van der Waals surface area contributed by atoms with Crippen LogP contribution in [-0.4, -0.2) is 5.11 Å². The molecule has 0 saturated carbocycles. The van der Waals surface area contributed by atoms with Crippen molar-refractivity contribution in [3.05, 3.63) is 34.9 Å². The number of benzene rings is 1. The van der Waals surface area contributed by atoms with Crippen LogP contribution in [0, 0.1) is 6.92 Å². The fourth-order valence-electron chi connectivity index (χ4n) is 1.19. The third-order valence-electron chi connectivity index (χ3n) is 2.21. The Hall–Kier alpha value is -1.24. The van der Waals surface area contributed by atoms with E-state index in [1.807, 2.05) is 13.0 Å². The number of aryl methyl sites for hydroxylation is 1. The number of aromatic hydroxyl groups is 1. The van der Waals surface area contributed by atoms with E-state index in [1.54, 1.807) is 12.1 Å². The molecule has 0 unspecified atom stereocenters. The molecule has 1 aromatic rings. The summed E-state index contributed by atoms with van der Waals surface area (Å²) in [5.41, 5.74) is 3.67. The zero-order valence-corrected chi connectivity index (χ0v) is 8.46. The number of hydrogen-bond donors (Lipinski definition) is 1. The molecule has 0 aliphatic carbocycles. The molecule has 0 radical (unpaired) electrons. The van der Waals surface area contributed by atoms with Crippen LogP contribution in [0.2, 0.25) is 0 Å². The highest BCUT2D eigenvalue weighted by Gasteiger charge is 1.96. The maximum atomic E-state index is 9.21. The normalized spacial score (nSPS) is 11.8. The summed E-state index contributed by atoms with van der Waals surface area (Å²) in [4.78, 5) is 0. The average molecular weight is 176 g/mol. The maximum Gasteiger partial charge on any atom is 0.115 e. The highest BCUT2D eigenvalue weighted by molar-refractivity contribution is 5.57. The molecule has 1 heteroatoms. The van der Waals surface area contributed by atoms with Crippen LogP contribution in [0.1, 0.15) is 31.4 Å². The van der Waals surface area contributed by atoms with Crippen molar-refractivity contribution in [2.45, 2.75) is 27.2 Å². The van der Waals surface area contributed by atoms with Crippen molar-refractivity contribution in [2.75, 3.05) is 0 Å². The zero-order chi connectivity index (χ0) is 9.84. The molecule has 13 heavy (non-hydrogen) atoms. The SMILES string of the molecule is CCC(C)=Cc1ccc(O)cc1C. The molecule has 1 rings (SSSR count). The Morgan fingerprint density at radius 3 is 2.69 bits per heavy atom. The number of phenols is 1. The van der Waals surface area contributed by atoms with Crippen LogP contribution in [0.3, 0.4) is 0 Å². The zero-order valence-electron chi connectivity index (χ0n) is 8.46. The Bertz CT molecular complexity index is 324. The van der Waals surface area contributed by atoms with E-state index in [0.717, 1.165) is 12.0 Å². The van der Waals surface area contributed by atoms with Gasteiger partial charge < -0.3 is 5.11 Å². The van der Waals surface area contributed by atoms with Gasteiger partial charge in [0.2, 0.25) is 0 Å². The van der Waals surface area contributed by atoms with E-state index in [0.29, 0.717) is 5.75 Å². The number of hydrogen-bond acceptors (Lipinski definition) is 1. The van der Waals surface area contributed by atoms with E-state index in [2.05, 4.69) is 19.9 Å². The van der Waals surface area contributed by atoms with Crippen LogP contribution in [0.5, 0.6) is 5.75 Å². The van der Waals surface area contributed by atoms with Crippen molar-refractivity contribution in [3.63, 3.8) is 0 Å². The average Bonchev–Trinajstić information content (AvgIpc) is 2.09. The predicted molar refractivity (Wildman–Crippen MR) is 56.8 cm³/mol. The van der Waals surface area contributed by atoms with Gasteiger partial charge in [0.25, 0.3) is 0 Å². The molecule has 70 valence electrons. The highest BCUT2D eigenvalue weighted by Crippen LogP contribution is 2.18. The maximum absolute atomic E-state index is 9.21. The molecular formula is C12H16O. The van der Waals surface area contributed by atoms with Gasteiger partial charge >= 0.3 is 0 Å². The van der Waals surface area contributed by atoms with E-state index < -0.39 is 0 Å². The molecule has 0 amide bonds. The van der Waals surface area contributed by atoms with Crippen LogP contribution in [0.4, 0.5) is 0 Å². The summed E-state index contributed by atoms with van der Waals surface area (Å²) in [6.45, 7) is 6.27. The van der Waals surface area contributed by atoms with Crippen molar-refractivity contribution < 1.29 is 5.11 Å². The minimum Gasteiger partial charge on any atom is -0.508 e. The number of rotatable bonds is 2. The molecule has 1 N–H and O–H groups in total. The minimum absolute atomic E-state index is 0.337. The Labute approximate surface area is 79.7 Å². The lowest BCUT2D eigenvalue weighted by molar-refractivity contribution is 0.475. The molecule has 0 bridgehead atoms. The van der Waals surface area contributed by atoms with Gasteiger partial charge in [-0.1, -0.05) is 24.6 Å². The van der Waals surface area contributed by atoms with Gasteiger partial charge in [0.15, 0.2) is 0 Å². The molecule has 0 aliphatic heterocycles. The summed E-state index contributed by atoms with van der Waals surface area (Å²) in [6, 6.07) is 5.46. The monoisotopic (exact) mass is 176 g/mol. The molecule has 0 aromatic heterocycles. The topological polar surface area (TPSA) is 20.2 Å². The summed E-state index contributed by atoms with van der Waals surface area (Å²) in [5, 5.41) is 9.21. The molecule has 0 aliphatic rings. The van der Waals surface area contributed by atoms with Gasteiger partial charge in [0, 0.05) is 0 Å². The smallest absolute Gasteiger partial charge is 0.115 e. The van der Waals surface area contributed by atoms with E-state index in [1.165, 1.54) is 11.1 Å². The first-order valence-corrected chi connectivity index (χ1v) is 4.60. The number of allylic oxidation sites excluding steroid dienone is 1. The Kier molecular flexibility index (Phi) is 3.13. The molecule has 1 aromatic carbocycles. The first kappa shape index (κ1) is 9.85. The summed E-state index contributed by atoms with van der Waals surface area (Å²) < 4.78 is 0. The molecule has 0 spiro atoms. The lowest BCUT2D eigenvalue weighted by Gasteiger charge is -2.02. The largest absolute Gasteiger partial charge is 0.508 e. The van der Waals surface area contributed by atoms with Gasteiger partial charge in [-0.05, 0) is 43.5 Å². The van der Waals surface area contributed by atoms with Crippen molar-refractivity contribution >= 4 is 6.08 Å². The van der Waals surface area contributed by atoms with Crippen LogP contribution >= 0.6 is 0 Å². The van der Waals surface area contributed by atoms with Crippen LogP contribution in [0.25, 0.3) is 6.08 Å². The Morgan fingerprint density at radius 2 is 2.15 bits per heavy atom. The molecular weight excluding hydrogens is 160 g/mol. The van der Waals surface area contributed by atoms with Gasteiger partial charge in [-0.25, -0.2) is 0 Å². The highest BCUT2D eigenvalue weighted by atomic mass is 16.3. The third-order valence-corrected chi connectivity index (χ3v) is 2.21. The van der Waals surface area contributed by atoms with E-state index in [9.17, 15) is 5.11 Å². The van der Waals surface area contributed by atoms with Crippen molar-refractivity contribution in [1.29, 1.82) is 0 Å². The molecule has 0 atom stereocenters. The third kappa shape index (κ3) is 2.62. The fourth-order valence-corrected chi connectivity index (χ4v) is 1.19. The summed E-state index contributed by atoms with van der Waals surface area (Å²) in [6.07, 6.45) is 3.23. The summed E-state index contributed by atoms with van der Waals surface area (Å²) in [7, 11) is 0. The Morgan fingerprint density at radius 1 is 1.46 bits per heavy atom. The van der Waals surface area contributed by atoms with Crippen molar-refractivity contribution in [2.24, 2.45) is 0 Å². The second-order valence-corrected chi connectivity index (χ2v) is 3.39. The second-order valence-electron chi connectivity index (χ2n) is 3.39. The van der Waals surface area contributed by atoms with Gasteiger partial charge in [-0.15, -0.1) is 0 Å². The van der Waals surface area contributed by atoms with Crippen LogP contribution in [0.15, 0.2) is 23.8 Å². The van der Waals surface area contributed by atoms with Gasteiger partial charge in [0.1, 0.15) is 5.75 Å². The molecule has 0 saturated heterocycles. The minimum atomic E-state index is 0.337. The lowest BCUT2D eigenvalue weighted by Crippen LogP contribution is -1.81. The van der Waals surface area contributed by atoms with Gasteiger partial charge in [-0.2, -0.15) is 0 Å². The molecule has 1 nitrogen and oxygen atoms in total. The summed E-state index contributed by atoms with van der Waals surface area (Å²) >= 11 is 0. The molecule has 0 fully saturated rings. The quantitative estimate of drug-likeness (QED) is 0.731. The van der Waals surface area contributed by atoms with Gasteiger partial charge in [-0.3, -0.25) is 0 Å². The number of phenolic OH excluding ortho intramolecular Hbond substituents is 1. The van der Waals surface area contributed by atoms with Crippen LogP contribution in [-0.2, 0) is 0 Å². The predicted octanol–water partition coefficient (Wildman–Crippen LogP) is 3.51. The van der Waals surface area contributed by atoms with Crippen molar-refractivity contribution in [3.8, 4) is 5.75 Å². The lowest BCUT2D eigenvalue weighted by atomic mass is 10.0. The van der Waals surface area contributed by atoms with E-state index in [4.69, 9.17) is 0 Å². The Balaban J connectivity index is 3.03. The fraction of sp³-hybridized carbons (Fsp3) is 0.333.